The van der Waals surface area contributed by atoms with E-state index in [1.807, 2.05) is 24.3 Å². The lowest BCUT2D eigenvalue weighted by Crippen LogP contribution is -2.18. The standard InChI is InChI=1S/C43H32N4O7S2.2H3N/c1-25-10-23-37-38(39(25)56(51,52)53)55-42(47-37)28-15-21-30(22-16-28)45-40(48)26-11-17-29(18-12-26)44-41(49)27-13-19-31(20-14-27)46-43(50)54-24-36-34-8-4-2-6-32(34)33-7-3-5-9-35(33)36;;/h2-23,36H,24H2,1H3,(H,44,49)(H,45,48)(H,46,50)(H,51,52,53);2*1H3/p+1. The topological polar surface area (TPSA) is 240 Å². The van der Waals surface area contributed by atoms with Crippen LogP contribution in [-0.2, 0) is 14.9 Å². The van der Waals surface area contributed by atoms with Crippen LogP contribution in [0.5, 0.6) is 0 Å². The van der Waals surface area contributed by atoms with Gasteiger partial charge < -0.3 is 32.2 Å². The summed E-state index contributed by atoms with van der Waals surface area (Å²) in [5, 5.41) is 8.90. The number of carbonyl (C=O) groups is 3. The number of fused-ring (bicyclic) bond motifs is 4. The van der Waals surface area contributed by atoms with E-state index < -0.39 is 16.2 Å². The van der Waals surface area contributed by atoms with Crippen LogP contribution in [0.25, 0.3) is 31.9 Å². The van der Waals surface area contributed by atoms with Crippen molar-refractivity contribution in [3.63, 3.8) is 0 Å². The molecule has 0 atom stereocenters. The molecule has 11 N–H and O–H groups in total. The second-order valence-corrected chi connectivity index (χ2v) is 15.4. The maximum atomic E-state index is 13.0. The highest BCUT2D eigenvalue weighted by molar-refractivity contribution is 7.86. The molecule has 1 heterocycles. The Morgan fingerprint density at radius 1 is 0.672 bits per heavy atom. The van der Waals surface area contributed by atoms with Gasteiger partial charge in [0.2, 0.25) is 0 Å². The lowest BCUT2D eigenvalue weighted by molar-refractivity contribution is 0.102. The van der Waals surface area contributed by atoms with Gasteiger partial charge in [-0.1, -0.05) is 54.6 Å². The molecule has 15 heteroatoms. The van der Waals surface area contributed by atoms with Crippen LogP contribution >= 0.6 is 11.3 Å². The van der Waals surface area contributed by atoms with Gasteiger partial charge in [-0.05, 0) is 114 Å². The van der Waals surface area contributed by atoms with E-state index in [0.717, 1.165) is 33.6 Å². The fourth-order valence-corrected chi connectivity index (χ4v) is 9.05. The maximum Gasteiger partial charge on any atom is 0.411 e. The molecule has 58 heavy (non-hydrogen) atoms. The van der Waals surface area contributed by atoms with E-state index in [0.29, 0.717) is 54.5 Å². The van der Waals surface area contributed by atoms with Crippen LogP contribution in [0, 0.1) is 6.92 Å². The second kappa shape index (κ2) is 16.8. The quantitative estimate of drug-likeness (QED) is 0.0876. The zero-order chi connectivity index (χ0) is 39.0. The first kappa shape index (κ1) is 40.9. The van der Waals surface area contributed by atoms with Gasteiger partial charge in [0.05, 0.1) is 15.1 Å². The summed E-state index contributed by atoms with van der Waals surface area (Å²) < 4.78 is 41.6. The van der Waals surface area contributed by atoms with Gasteiger partial charge in [-0.15, -0.1) is 11.3 Å². The van der Waals surface area contributed by atoms with Crippen LogP contribution in [0.3, 0.4) is 0 Å². The fourth-order valence-electron chi connectivity index (χ4n) is 6.77. The number of aromatic nitrogens is 1. The van der Waals surface area contributed by atoms with Crippen LogP contribution in [0.4, 0.5) is 21.9 Å². The summed E-state index contributed by atoms with van der Waals surface area (Å²) >= 11 is 1.12. The molecule has 1 aliphatic rings. The molecular formula is C43H39N6O7S2+. The highest BCUT2D eigenvalue weighted by Gasteiger charge is 2.29. The van der Waals surface area contributed by atoms with Crippen LogP contribution in [0.1, 0.15) is 43.3 Å². The molecule has 0 spiro atoms. The monoisotopic (exact) mass is 815 g/mol. The molecule has 294 valence electrons. The van der Waals surface area contributed by atoms with Crippen LogP contribution in [0.2, 0.25) is 0 Å². The minimum atomic E-state index is -4.68. The van der Waals surface area contributed by atoms with Crippen molar-refractivity contribution < 1.29 is 32.1 Å². The van der Waals surface area contributed by atoms with E-state index in [1.165, 1.54) is 0 Å². The molecule has 0 aliphatic heterocycles. The van der Waals surface area contributed by atoms with Crippen LogP contribution in [0.15, 0.2) is 138 Å². The number of carbonyl (C=O) groups excluding carboxylic acids is 3. The van der Waals surface area contributed by atoms with Gasteiger partial charge in [0, 0.05) is 39.7 Å². The minimum absolute atomic E-state index is 0. The number of aryl methyl sites for hydroxylation is 1. The third-order valence-corrected chi connectivity index (χ3v) is 11.8. The van der Waals surface area contributed by atoms with Gasteiger partial charge in [0.1, 0.15) is 21.7 Å². The Morgan fingerprint density at radius 3 is 1.67 bits per heavy atom. The van der Waals surface area contributed by atoms with Gasteiger partial charge in [-0.25, -0.2) is 18.2 Å². The summed E-state index contributed by atoms with van der Waals surface area (Å²) in [6, 6.07) is 39.2. The number of quaternary nitrogens is 2. The molecule has 1 aromatic heterocycles. The highest BCUT2D eigenvalue weighted by atomic mass is 32.2. The van der Waals surface area contributed by atoms with Gasteiger partial charge in [0.25, 0.3) is 11.8 Å². The summed E-state index contributed by atoms with van der Waals surface area (Å²) in [5.74, 6) is -0.794. The van der Waals surface area contributed by atoms with Gasteiger partial charge in [-0.2, -0.15) is 0 Å². The molecule has 0 fully saturated rings. The normalized spacial score (nSPS) is 11.7. The molecule has 0 bridgehead atoms. The number of ether oxygens (including phenoxy) is 1. The Labute approximate surface area is 338 Å². The number of amides is 3. The Balaban J connectivity index is 0.00000283. The predicted octanol–water partition coefficient (Wildman–Crippen LogP) is 9.79. The summed E-state index contributed by atoms with van der Waals surface area (Å²) in [6.45, 7) is 1.76. The molecule has 0 saturated carbocycles. The zero-order valence-electron chi connectivity index (χ0n) is 31.6. The number of anilines is 3. The smallest absolute Gasteiger partial charge is 0.411 e. The number of thiazole rings is 1. The van der Waals surface area contributed by atoms with Crippen molar-refractivity contribution >= 4 is 66.6 Å². The second-order valence-electron chi connectivity index (χ2n) is 13.1. The first-order valence-electron chi connectivity index (χ1n) is 17.4. The Hall–Kier alpha value is -6.75. The van der Waals surface area contributed by atoms with Crippen molar-refractivity contribution in [1.82, 2.24) is 17.3 Å². The van der Waals surface area contributed by atoms with Crippen molar-refractivity contribution in [3.8, 4) is 21.7 Å². The van der Waals surface area contributed by atoms with Gasteiger partial charge in [-0.3, -0.25) is 14.9 Å². The lowest BCUT2D eigenvalue weighted by Gasteiger charge is -2.14. The number of hydrogen-bond acceptors (Lipinski definition) is 9. The van der Waals surface area contributed by atoms with Crippen molar-refractivity contribution in [2.24, 2.45) is 0 Å². The van der Waals surface area contributed by atoms with Crippen molar-refractivity contribution in [3.05, 3.63) is 161 Å². The number of hydrogen-bond donors (Lipinski definition) is 5. The van der Waals surface area contributed by atoms with Crippen molar-refractivity contribution in [2.75, 3.05) is 22.6 Å². The van der Waals surface area contributed by atoms with Crippen LogP contribution < -0.4 is 28.3 Å². The largest absolute Gasteiger partial charge is 0.744 e. The van der Waals surface area contributed by atoms with E-state index in [9.17, 15) is 27.4 Å². The zero-order valence-corrected chi connectivity index (χ0v) is 33.2. The number of rotatable bonds is 9. The van der Waals surface area contributed by atoms with E-state index in [4.69, 9.17) is 4.74 Å². The predicted molar refractivity (Wildman–Crippen MR) is 227 cm³/mol. The van der Waals surface area contributed by atoms with Crippen molar-refractivity contribution in [2.45, 2.75) is 17.7 Å². The van der Waals surface area contributed by atoms with E-state index in [-0.39, 0.29) is 41.5 Å². The van der Waals surface area contributed by atoms with Gasteiger partial charge >= 0.3 is 6.09 Å². The van der Waals surface area contributed by atoms with Gasteiger partial charge in [0.15, 0.2) is 0 Å². The summed E-state index contributed by atoms with van der Waals surface area (Å²) in [5.41, 5.74) is 8.22. The molecule has 0 unspecified atom stereocenters. The average molecular weight is 816 g/mol. The number of nitrogens with zero attached hydrogens (tertiary/aromatic N) is 1. The Bertz CT molecular complexity index is 2730. The molecule has 0 saturated heterocycles. The maximum absolute atomic E-state index is 13.0. The molecule has 6 aromatic carbocycles. The minimum Gasteiger partial charge on any atom is -0.744 e. The van der Waals surface area contributed by atoms with Crippen molar-refractivity contribution in [1.29, 1.82) is 0 Å². The first-order chi connectivity index (χ1) is 27.0. The Kier molecular flexibility index (Phi) is 11.8. The van der Waals surface area contributed by atoms with E-state index in [1.54, 1.807) is 91.9 Å². The lowest BCUT2D eigenvalue weighted by atomic mass is 9.98. The summed E-state index contributed by atoms with van der Waals surface area (Å²) in [6.07, 6.45) is -0.595. The molecular weight excluding hydrogens is 777 g/mol. The fraction of sp³-hybridized carbons (Fsp3) is 0.0698. The Morgan fingerprint density at radius 2 is 1.16 bits per heavy atom. The SMILES string of the molecule is Cc1ccc2nc(-c3ccc(NC(=O)c4ccc(NC(=O)c5ccc(NC(=O)OCC6c7ccccc7-c7ccccc76)cc5)cc4)cc3)sc2c1S(=O)(=O)[O-].[NH4+].[NH4+]. The number of benzene rings is 6. The summed E-state index contributed by atoms with van der Waals surface area (Å²) in [7, 11) is -4.68. The molecule has 0 radical (unpaired) electrons. The highest BCUT2D eigenvalue weighted by Crippen LogP contribution is 2.44. The molecule has 8 rings (SSSR count). The van der Waals surface area contributed by atoms with Crippen LogP contribution in [-0.4, -0.2) is 42.5 Å². The molecule has 7 aromatic rings. The van der Waals surface area contributed by atoms with E-state index >= 15 is 0 Å². The average Bonchev–Trinajstić information content (AvgIpc) is 3.76. The molecule has 1 aliphatic carbocycles. The number of nitrogens with one attached hydrogen (secondary N) is 3. The first-order valence-corrected chi connectivity index (χ1v) is 19.7. The third-order valence-electron chi connectivity index (χ3n) is 9.49. The molecule has 13 nitrogen and oxygen atoms in total. The molecule has 3 amide bonds. The third kappa shape index (κ3) is 8.34. The summed E-state index contributed by atoms with van der Waals surface area (Å²) in [4.78, 5) is 42.9. The van der Waals surface area contributed by atoms with E-state index in [2.05, 4.69) is 45.2 Å².